The fraction of sp³-hybridized carbons (Fsp3) is 0.583. The number of hydrogen-bond donors (Lipinski definition) is 2. The molecule has 3 heterocycles. The summed E-state index contributed by atoms with van der Waals surface area (Å²) in [4.78, 5) is 11.8. The average Bonchev–Trinajstić information content (AvgIpc) is 3.06. The molecule has 0 radical (unpaired) electrons. The van der Waals surface area contributed by atoms with Crippen LogP contribution in [0.1, 0.15) is 36.1 Å². The van der Waals surface area contributed by atoms with Crippen molar-refractivity contribution in [1.82, 2.24) is 25.4 Å². The first-order chi connectivity index (χ1) is 9.36. The van der Waals surface area contributed by atoms with E-state index in [2.05, 4.69) is 25.4 Å². The molecule has 0 saturated carbocycles. The first kappa shape index (κ1) is 12.3. The fourth-order valence-corrected chi connectivity index (χ4v) is 2.16. The molecule has 0 fully saturated rings. The Morgan fingerprint density at radius 1 is 1.53 bits per heavy atom. The lowest BCUT2D eigenvalue weighted by Gasteiger charge is -2.19. The Balaban J connectivity index is 1.64. The third kappa shape index (κ3) is 2.66. The number of imidazole rings is 1. The number of H-pyrrole nitrogens is 1. The number of rotatable bonds is 5. The Kier molecular flexibility index (Phi) is 3.56. The quantitative estimate of drug-likeness (QED) is 0.774. The third-order valence-corrected chi connectivity index (χ3v) is 3.19. The van der Waals surface area contributed by atoms with Gasteiger partial charge in [0.2, 0.25) is 5.89 Å². The normalized spacial score (nSPS) is 18.5. The van der Waals surface area contributed by atoms with E-state index in [1.54, 1.807) is 6.33 Å². The van der Waals surface area contributed by atoms with Gasteiger partial charge in [-0.05, 0) is 6.92 Å². The molecule has 0 saturated heterocycles. The van der Waals surface area contributed by atoms with Gasteiger partial charge >= 0.3 is 0 Å². The third-order valence-electron chi connectivity index (χ3n) is 3.19. The van der Waals surface area contributed by atoms with Crippen LogP contribution in [0.3, 0.4) is 0 Å². The highest BCUT2D eigenvalue weighted by Crippen LogP contribution is 2.22. The molecule has 2 N–H and O–H groups in total. The van der Waals surface area contributed by atoms with Crippen LogP contribution in [0, 0.1) is 0 Å². The van der Waals surface area contributed by atoms with Gasteiger partial charge in [-0.2, -0.15) is 4.98 Å². The van der Waals surface area contributed by atoms with Gasteiger partial charge in [0, 0.05) is 26.0 Å². The second-order valence-electron chi connectivity index (χ2n) is 4.46. The Morgan fingerprint density at radius 3 is 3.37 bits per heavy atom. The molecule has 2 aromatic heterocycles. The van der Waals surface area contributed by atoms with Crippen LogP contribution < -0.4 is 5.32 Å². The van der Waals surface area contributed by atoms with Gasteiger partial charge in [0.05, 0.1) is 30.4 Å². The molecule has 3 rings (SSSR count). The molecule has 0 bridgehead atoms. The van der Waals surface area contributed by atoms with E-state index in [9.17, 15) is 0 Å². The minimum atomic E-state index is 0.0455. The summed E-state index contributed by atoms with van der Waals surface area (Å²) in [5.74, 6) is 1.32. The number of nitrogens with zero attached hydrogens (tertiary/aromatic N) is 3. The fourth-order valence-electron chi connectivity index (χ4n) is 2.16. The van der Waals surface area contributed by atoms with Gasteiger partial charge in [0.25, 0.3) is 0 Å². The molecule has 0 amide bonds. The van der Waals surface area contributed by atoms with Crippen molar-refractivity contribution in [2.24, 2.45) is 0 Å². The number of ether oxygens (including phenoxy) is 1. The number of hydrogen-bond acceptors (Lipinski definition) is 6. The van der Waals surface area contributed by atoms with Crippen LogP contribution in [0.2, 0.25) is 0 Å². The molecular weight excluding hydrogens is 246 g/mol. The van der Waals surface area contributed by atoms with Crippen molar-refractivity contribution >= 4 is 0 Å². The standard InChI is InChI=1S/C12H17N5O2/c1-2-18-4-3-11-16-12(19-17-11)9-5-8-10(6-13-9)15-7-14-8/h7,9,13H,2-6H2,1H3,(H,14,15). The zero-order valence-electron chi connectivity index (χ0n) is 10.8. The summed E-state index contributed by atoms with van der Waals surface area (Å²) >= 11 is 0. The maximum atomic E-state index is 5.31. The van der Waals surface area contributed by atoms with Crippen LogP contribution in [0.25, 0.3) is 0 Å². The zero-order chi connectivity index (χ0) is 13.1. The topological polar surface area (TPSA) is 88.9 Å². The number of aromatic nitrogens is 4. The van der Waals surface area contributed by atoms with Gasteiger partial charge in [0.1, 0.15) is 0 Å². The number of aromatic amines is 1. The molecule has 1 aliphatic rings. The van der Waals surface area contributed by atoms with Gasteiger partial charge in [0.15, 0.2) is 5.82 Å². The molecule has 1 atom stereocenters. The van der Waals surface area contributed by atoms with Crippen LogP contribution in [0.15, 0.2) is 10.9 Å². The van der Waals surface area contributed by atoms with Gasteiger partial charge in [-0.1, -0.05) is 5.16 Å². The minimum absolute atomic E-state index is 0.0455. The van der Waals surface area contributed by atoms with E-state index >= 15 is 0 Å². The van der Waals surface area contributed by atoms with Crippen molar-refractivity contribution < 1.29 is 9.26 Å². The number of fused-ring (bicyclic) bond motifs is 1. The minimum Gasteiger partial charge on any atom is -0.381 e. The van der Waals surface area contributed by atoms with Crippen LogP contribution in [-0.4, -0.2) is 33.3 Å². The highest BCUT2D eigenvalue weighted by Gasteiger charge is 2.25. The van der Waals surface area contributed by atoms with Crippen LogP contribution in [0.4, 0.5) is 0 Å². The van der Waals surface area contributed by atoms with E-state index in [1.807, 2.05) is 6.92 Å². The Bertz CT molecular complexity index is 536. The van der Waals surface area contributed by atoms with Crippen LogP contribution >= 0.6 is 0 Å². The molecule has 0 aliphatic carbocycles. The smallest absolute Gasteiger partial charge is 0.244 e. The Labute approximate surface area is 110 Å². The van der Waals surface area contributed by atoms with E-state index in [0.717, 1.165) is 24.4 Å². The number of nitrogens with one attached hydrogen (secondary N) is 2. The summed E-state index contributed by atoms with van der Waals surface area (Å²) in [6, 6.07) is 0.0455. The Morgan fingerprint density at radius 2 is 2.47 bits per heavy atom. The molecule has 19 heavy (non-hydrogen) atoms. The van der Waals surface area contributed by atoms with Crippen LogP contribution in [-0.2, 0) is 24.1 Å². The van der Waals surface area contributed by atoms with Gasteiger partial charge < -0.3 is 14.2 Å². The van der Waals surface area contributed by atoms with E-state index in [0.29, 0.717) is 31.3 Å². The summed E-state index contributed by atoms with van der Waals surface area (Å²) in [6.45, 7) is 4.04. The van der Waals surface area contributed by atoms with E-state index in [4.69, 9.17) is 9.26 Å². The lowest BCUT2D eigenvalue weighted by Crippen LogP contribution is -2.28. The van der Waals surface area contributed by atoms with E-state index in [1.165, 1.54) is 0 Å². The summed E-state index contributed by atoms with van der Waals surface area (Å²) in [6.07, 6.45) is 3.17. The maximum Gasteiger partial charge on any atom is 0.244 e. The molecule has 2 aromatic rings. The summed E-state index contributed by atoms with van der Waals surface area (Å²) in [5, 5.41) is 7.33. The molecule has 0 spiro atoms. The summed E-state index contributed by atoms with van der Waals surface area (Å²) in [7, 11) is 0. The van der Waals surface area contributed by atoms with Crippen molar-refractivity contribution in [3.63, 3.8) is 0 Å². The van der Waals surface area contributed by atoms with Crippen molar-refractivity contribution in [3.8, 4) is 0 Å². The van der Waals surface area contributed by atoms with Gasteiger partial charge in [-0.25, -0.2) is 4.98 Å². The van der Waals surface area contributed by atoms with Crippen molar-refractivity contribution in [3.05, 3.63) is 29.4 Å². The van der Waals surface area contributed by atoms with E-state index in [-0.39, 0.29) is 6.04 Å². The van der Waals surface area contributed by atoms with E-state index < -0.39 is 0 Å². The summed E-state index contributed by atoms with van der Waals surface area (Å²) in [5.41, 5.74) is 2.20. The Hall–Kier alpha value is -1.73. The predicted octanol–water partition coefficient (Wildman–Crippen LogP) is 0.759. The van der Waals surface area contributed by atoms with Gasteiger partial charge in [-0.3, -0.25) is 5.32 Å². The first-order valence-corrected chi connectivity index (χ1v) is 6.51. The molecule has 7 nitrogen and oxygen atoms in total. The van der Waals surface area contributed by atoms with Crippen molar-refractivity contribution in [1.29, 1.82) is 0 Å². The molecule has 0 aromatic carbocycles. The maximum absolute atomic E-state index is 5.31. The molecule has 7 heteroatoms. The van der Waals surface area contributed by atoms with Gasteiger partial charge in [-0.15, -0.1) is 0 Å². The van der Waals surface area contributed by atoms with Crippen molar-refractivity contribution in [2.45, 2.75) is 32.4 Å². The van der Waals surface area contributed by atoms with Crippen molar-refractivity contribution in [2.75, 3.05) is 13.2 Å². The molecule has 1 unspecified atom stereocenters. The predicted molar refractivity (Wildman–Crippen MR) is 66.4 cm³/mol. The molecule has 1 aliphatic heterocycles. The lowest BCUT2D eigenvalue weighted by atomic mass is 10.1. The molecule has 102 valence electrons. The molecular formula is C12H17N5O2. The first-order valence-electron chi connectivity index (χ1n) is 6.51. The second kappa shape index (κ2) is 5.50. The highest BCUT2D eigenvalue weighted by atomic mass is 16.5. The lowest BCUT2D eigenvalue weighted by molar-refractivity contribution is 0.149. The monoisotopic (exact) mass is 263 g/mol. The second-order valence-corrected chi connectivity index (χ2v) is 4.46. The average molecular weight is 263 g/mol. The zero-order valence-corrected chi connectivity index (χ0v) is 10.8. The van der Waals surface area contributed by atoms with Crippen LogP contribution in [0.5, 0.6) is 0 Å². The largest absolute Gasteiger partial charge is 0.381 e. The SMILES string of the molecule is CCOCCc1noc(C2Cc3nc[nH]c3CN2)n1. The summed E-state index contributed by atoms with van der Waals surface area (Å²) < 4.78 is 10.6. The highest BCUT2D eigenvalue weighted by molar-refractivity contribution is 5.17.